The number of esters is 1. The molecule has 11 unspecified atom stereocenters. The monoisotopic (exact) mass is 895 g/mol. The van der Waals surface area contributed by atoms with E-state index in [1.54, 1.807) is 0 Å². The maximum Gasteiger partial charge on any atom is 0.306 e. The lowest BCUT2D eigenvalue weighted by atomic mass is 9.98. The van der Waals surface area contributed by atoms with Crippen LogP contribution in [0.15, 0.2) is 72.9 Å². The summed E-state index contributed by atoms with van der Waals surface area (Å²) in [7, 11) is 0. The predicted molar refractivity (Wildman–Crippen MR) is 242 cm³/mol. The van der Waals surface area contributed by atoms with E-state index < -0.39 is 86.7 Å². The number of aliphatic hydroxyl groups is 7. The van der Waals surface area contributed by atoms with Crippen LogP contribution >= 0.6 is 0 Å². The van der Waals surface area contributed by atoms with Gasteiger partial charge in [0.25, 0.3) is 0 Å². The highest BCUT2D eigenvalue weighted by Gasteiger charge is 2.47. The highest BCUT2D eigenvalue weighted by Crippen LogP contribution is 2.26. The molecule has 2 saturated heterocycles. The molecule has 7 N–H and O–H groups in total. The van der Waals surface area contributed by atoms with Gasteiger partial charge in [0.2, 0.25) is 0 Å². The van der Waals surface area contributed by atoms with E-state index in [0.717, 1.165) is 64.2 Å². The van der Waals surface area contributed by atoms with Gasteiger partial charge in [0, 0.05) is 13.0 Å². The number of carbonyl (C=O) groups excluding carboxylic acids is 1. The Morgan fingerprint density at radius 3 is 1.62 bits per heavy atom. The topological polar surface area (TPSA) is 214 Å². The van der Waals surface area contributed by atoms with E-state index in [9.17, 15) is 40.5 Å². The van der Waals surface area contributed by atoms with E-state index in [1.807, 2.05) is 12.2 Å². The molecule has 0 aromatic heterocycles. The van der Waals surface area contributed by atoms with Crippen LogP contribution in [0, 0.1) is 0 Å². The molecule has 2 aliphatic heterocycles. The Balaban J connectivity index is 1.84. The van der Waals surface area contributed by atoms with Crippen molar-refractivity contribution in [2.24, 2.45) is 0 Å². The highest BCUT2D eigenvalue weighted by atomic mass is 16.7. The van der Waals surface area contributed by atoms with Gasteiger partial charge in [-0.05, 0) is 70.6 Å². The zero-order valence-corrected chi connectivity index (χ0v) is 38.0. The van der Waals surface area contributed by atoms with Crippen molar-refractivity contribution in [2.75, 3.05) is 33.0 Å². The van der Waals surface area contributed by atoms with Gasteiger partial charge in [0.1, 0.15) is 54.9 Å². The Labute approximate surface area is 377 Å². The van der Waals surface area contributed by atoms with E-state index in [2.05, 4.69) is 74.6 Å². The van der Waals surface area contributed by atoms with Gasteiger partial charge in [0.15, 0.2) is 12.6 Å². The van der Waals surface area contributed by atoms with Gasteiger partial charge in [-0.15, -0.1) is 0 Å². The molecule has 63 heavy (non-hydrogen) atoms. The minimum absolute atomic E-state index is 0.0214. The summed E-state index contributed by atoms with van der Waals surface area (Å²) in [5, 5.41) is 71.9. The maximum absolute atomic E-state index is 12.9. The largest absolute Gasteiger partial charge is 0.457 e. The van der Waals surface area contributed by atoms with E-state index in [-0.39, 0.29) is 19.6 Å². The normalized spacial score (nSPS) is 27.6. The van der Waals surface area contributed by atoms with E-state index in [0.29, 0.717) is 13.0 Å². The minimum Gasteiger partial charge on any atom is -0.457 e. The second-order valence-corrected chi connectivity index (χ2v) is 16.2. The molecule has 362 valence electrons. The number of ether oxygens (including phenoxy) is 6. The van der Waals surface area contributed by atoms with Crippen molar-refractivity contribution in [1.82, 2.24) is 0 Å². The Morgan fingerprint density at radius 1 is 0.540 bits per heavy atom. The van der Waals surface area contributed by atoms with Crippen molar-refractivity contribution in [3.05, 3.63) is 72.9 Å². The van der Waals surface area contributed by atoms with Gasteiger partial charge in [-0.2, -0.15) is 0 Å². The number of hydrogen-bond acceptors (Lipinski definition) is 14. The predicted octanol–water partition coefficient (Wildman–Crippen LogP) is 5.95. The second kappa shape index (κ2) is 36.6. The molecule has 0 radical (unpaired) electrons. The molecule has 2 rings (SSSR count). The molecule has 14 nitrogen and oxygen atoms in total. The Hall–Kier alpha value is -2.57. The second-order valence-electron chi connectivity index (χ2n) is 16.2. The van der Waals surface area contributed by atoms with Crippen LogP contribution in [0.4, 0.5) is 0 Å². The summed E-state index contributed by atoms with van der Waals surface area (Å²) >= 11 is 0. The zero-order chi connectivity index (χ0) is 45.9. The number of allylic oxidation sites excluding steroid dienone is 12. The van der Waals surface area contributed by atoms with Crippen molar-refractivity contribution in [3.63, 3.8) is 0 Å². The minimum atomic E-state index is -1.72. The van der Waals surface area contributed by atoms with Gasteiger partial charge < -0.3 is 64.2 Å². The van der Waals surface area contributed by atoms with Gasteiger partial charge in [-0.1, -0.05) is 125 Å². The van der Waals surface area contributed by atoms with Crippen LogP contribution in [0.5, 0.6) is 0 Å². The molecular weight excluding hydrogens is 813 g/mol. The fraction of sp³-hybridized carbons (Fsp3) is 0.735. The van der Waals surface area contributed by atoms with Crippen molar-refractivity contribution < 1.29 is 69.0 Å². The molecule has 0 amide bonds. The smallest absolute Gasteiger partial charge is 0.306 e. The van der Waals surface area contributed by atoms with Crippen LogP contribution in [0.2, 0.25) is 0 Å². The van der Waals surface area contributed by atoms with Gasteiger partial charge in [-0.25, -0.2) is 0 Å². The third kappa shape index (κ3) is 25.1. The molecule has 0 saturated carbocycles. The summed E-state index contributed by atoms with van der Waals surface area (Å²) < 4.78 is 34.1. The summed E-state index contributed by atoms with van der Waals surface area (Å²) in [6.07, 6.45) is 27.0. The average molecular weight is 895 g/mol. The lowest BCUT2D eigenvalue weighted by Gasteiger charge is -2.42. The highest BCUT2D eigenvalue weighted by molar-refractivity contribution is 5.69. The fourth-order valence-corrected chi connectivity index (χ4v) is 6.86. The standard InChI is InChI=1S/C49H82O14/c1-3-5-7-9-11-13-15-17-18-19-21-23-25-27-29-31-33-58-35-38(61-41(51)32-30-28-26-24-22-20-16-14-12-10-8-6-4-2)36-59-48-47(57)45(55)43(53)40(63-48)37-60-49-46(56)44(54)42(52)39(34-50)62-49/h6,8,11-14,17-18,20,22,26,28,38-40,42-50,52-57H,3-5,7,9-10,15-16,19,21,23-25,27,29-37H2,1-2H3/b8-6-,13-11-,14-12-,18-17-,22-20-,28-26-. The Bertz CT molecular complexity index is 1310. The summed E-state index contributed by atoms with van der Waals surface area (Å²) in [4.78, 5) is 12.9. The van der Waals surface area contributed by atoms with Gasteiger partial charge in [-0.3, -0.25) is 4.79 Å². The van der Waals surface area contributed by atoms with Crippen LogP contribution in [0.25, 0.3) is 0 Å². The molecule has 0 spiro atoms. The first kappa shape index (κ1) is 56.6. The molecule has 11 atom stereocenters. The quantitative estimate of drug-likeness (QED) is 0.0223. The Kier molecular flexibility index (Phi) is 32.9. The van der Waals surface area contributed by atoms with Crippen molar-refractivity contribution in [1.29, 1.82) is 0 Å². The number of unbranched alkanes of at least 4 members (excludes halogenated alkanes) is 9. The number of hydrogen-bond donors (Lipinski definition) is 7. The molecule has 0 aromatic rings. The molecular formula is C49H82O14. The molecule has 0 bridgehead atoms. The van der Waals surface area contributed by atoms with Gasteiger partial charge >= 0.3 is 5.97 Å². The molecule has 14 heteroatoms. The lowest BCUT2D eigenvalue weighted by Crippen LogP contribution is -2.61. The molecule has 0 aliphatic carbocycles. The summed E-state index contributed by atoms with van der Waals surface area (Å²) in [6.45, 7) is 3.39. The number of carbonyl (C=O) groups is 1. The molecule has 2 heterocycles. The van der Waals surface area contributed by atoms with Crippen LogP contribution < -0.4 is 0 Å². The summed E-state index contributed by atoms with van der Waals surface area (Å²) in [5.74, 6) is -0.463. The lowest BCUT2D eigenvalue weighted by molar-refractivity contribution is -0.332. The SMILES string of the molecule is CC/C=C\C/C=C\C/C=C\C/C=C\CCC(=O)OC(COCCCCCCCC/C=C\C/C=C\CCCCC)COC1OC(COC2OC(CO)C(O)C(O)C2O)C(O)C(O)C1O. The van der Waals surface area contributed by atoms with Crippen LogP contribution in [-0.4, -0.2) is 142 Å². The third-order valence-electron chi connectivity index (χ3n) is 10.7. The number of rotatable bonds is 35. The maximum atomic E-state index is 12.9. The molecule has 2 fully saturated rings. The van der Waals surface area contributed by atoms with Crippen molar-refractivity contribution >= 4 is 5.97 Å². The van der Waals surface area contributed by atoms with E-state index >= 15 is 0 Å². The van der Waals surface area contributed by atoms with Crippen LogP contribution in [0.1, 0.15) is 129 Å². The summed E-state index contributed by atoms with van der Waals surface area (Å²) in [5.41, 5.74) is 0. The first-order chi connectivity index (χ1) is 30.6. The van der Waals surface area contributed by atoms with Crippen molar-refractivity contribution in [3.8, 4) is 0 Å². The molecule has 2 aliphatic rings. The first-order valence-corrected chi connectivity index (χ1v) is 23.5. The number of aliphatic hydroxyl groups excluding tert-OH is 7. The first-order valence-electron chi connectivity index (χ1n) is 23.5. The van der Waals surface area contributed by atoms with Crippen molar-refractivity contribution in [2.45, 2.75) is 197 Å². The fourth-order valence-electron chi connectivity index (χ4n) is 6.86. The van der Waals surface area contributed by atoms with Crippen LogP contribution in [-0.2, 0) is 33.2 Å². The Morgan fingerprint density at radius 2 is 1.03 bits per heavy atom. The van der Waals surface area contributed by atoms with E-state index in [4.69, 9.17) is 28.4 Å². The summed E-state index contributed by atoms with van der Waals surface area (Å²) in [6, 6.07) is 0. The van der Waals surface area contributed by atoms with Gasteiger partial charge in [0.05, 0.1) is 26.4 Å². The molecule has 0 aromatic carbocycles. The van der Waals surface area contributed by atoms with Crippen LogP contribution in [0.3, 0.4) is 0 Å². The zero-order valence-electron chi connectivity index (χ0n) is 38.0. The van der Waals surface area contributed by atoms with E-state index in [1.165, 1.54) is 38.5 Å². The average Bonchev–Trinajstić information content (AvgIpc) is 3.28. The third-order valence-corrected chi connectivity index (χ3v) is 10.7.